The van der Waals surface area contributed by atoms with Crippen LogP contribution in [0.2, 0.25) is 10.0 Å². The third-order valence-corrected chi connectivity index (χ3v) is 7.43. The fourth-order valence-corrected chi connectivity index (χ4v) is 5.45. The highest BCUT2D eigenvalue weighted by Gasteiger charge is 2.40. The number of benzene rings is 1. The van der Waals surface area contributed by atoms with Gasteiger partial charge in [0.1, 0.15) is 12.1 Å². The number of ether oxygens (including phenoxy) is 3. The van der Waals surface area contributed by atoms with E-state index in [0.29, 0.717) is 42.2 Å². The van der Waals surface area contributed by atoms with Crippen molar-refractivity contribution in [3.05, 3.63) is 61.7 Å². The van der Waals surface area contributed by atoms with Crippen molar-refractivity contribution in [3.63, 3.8) is 0 Å². The van der Waals surface area contributed by atoms with Crippen molar-refractivity contribution in [2.24, 2.45) is 4.99 Å². The van der Waals surface area contributed by atoms with Gasteiger partial charge >= 0.3 is 5.97 Å². The number of nitrogens with one attached hydrogen (secondary N) is 1. The minimum Gasteiger partial charge on any atom is -0.468 e. The fourth-order valence-electron chi connectivity index (χ4n) is 4.35. The molecule has 3 heterocycles. The summed E-state index contributed by atoms with van der Waals surface area (Å²) in [7, 11) is 1.39. The number of esters is 1. The summed E-state index contributed by atoms with van der Waals surface area (Å²) in [5.41, 5.74) is 2.20. The summed E-state index contributed by atoms with van der Waals surface area (Å²) in [4.78, 5) is 24.2. The van der Waals surface area contributed by atoms with Crippen LogP contribution in [0.3, 0.4) is 0 Å². The highest BCUT2D eigenvalue weighted by molar-refractivity contribution is 7.11. The third kappa shape index (κ3) is 6.10. The van der Waals surface area contributed by atoms with Gasteiger partial charge < -0.3 is 19.5 Å². The standard InChI is InChI=1S/C25H30Cl2N4O4S/c1-5-34-12-17-19(11-31-14-25(2,3)35-13-20(31)24(32)33-4)29-22(23-28-8-9-36-23)30-21(17)16-7-6-15(26)10-18(16)27/h6-10,20-21H,5,11-14H2,1-4H3,(H,29,30). The van der Waals surface area contributed by atoms with Crippen LogP contribution < -0.4 is 5.32 Å². The fraction of sp³-hybridized carbons (Fsp3) is 0.480. The van der Waals surface area contributed by atoms with E-state index in [-0.39, 0.29) is 12.6 Å². The van der Waals surface area contributed by atoms with Crippen molar-refractivity contribution in [3.8, 4) is 0 Å². The van der Waals surface area contributed by atoms with Gasteiger partial charge in [-0.05, 0) is 38.5 Å². The van der Waals surface area contributed by atoms with Gasteiger partial charge in [0.15, 0.2) is 10.8 Å². The van der Waals surface area contributed by atoms with Gasteiger partial charge in [-0.3, -0.25) is 14.7 Å². The van der Waals surface area contributed by atoms with Crippen molar-refractivity contribution in [1.29, 1.82) is 0 Å². The van der Waals surface area contributed by atoms with Gasteiger partial charge in [0, 0.05) is 52.6 Å². The molecule has 1 aromatic carbocycles. The second-order valence-corrected chi connectivity index (χ2v) is 10.9. The molecule has 8 nitrogen and oxygen atoms in total. The Kier molecular flexibility index (Phi) is 8.70. The Balaban J connectivity index is 1.79. The first-order valence-corrected chi connectivity index (χ1v) is 13.3. The van der Waals surface area contributed by atoms with Crippen molar-refractivity contribution >= 4 is 46.3 Å². The van der Waals surface area contributed by atoms with E-state index < -0.39 is 17.7 Å². The van der Waals surface area contributed by atoms with Crippen LogP contribution in [-0.2, 0) is 19.0 Å². The molecule has 2 atom stereocenters. The molecule has 0 radical (unpaired) electrons. The van der Waals surface area contributed by atoms with Crippen molar-refractivity contribution in [1.82, 2.24) is 15.2 Å². The average Bonchev–Trinajstić information content (AvgIpc) is 3.37. The molecule has 2 aromatic rings. The molecule has 0 spiro atoms. The lowest BCUT2D eigenvalue weighted by molar-refractivity contribution is -0.164. The summed E-state index contributed by atoms with van der Waals surface area (Å²) in [6.07, 6.45) is 1.74. The lowest BCUT2D eigenvalue weighted by atomic mass is 9.95. The zero-order chi connectivity index (χ0) is 25.9. The van der Waals surface area contributed by atoms with Crippen LogP contribution in [0.25, 0.3) is 0 Å². The van der Waals surface area contributed by atoms with Gasteiger partial charge in [0.05, 0.1) is 25.9 Å². The van der Waals surface area contributed by atoms with Crippen LogP contribution in [-0.4, -0.2) is 73.4 Å². The van der Waals surface area contributed by atoms with Crippen LogP contribution in [0.1, 0.15) is 37.4 Å². The number of hydrogen-bond donors (Lipinski definition) is 1. The Hall–Kier alpha value is -2.01. The maximum absolute atomic E-state index is 12.6. The maximum atomic E-state index is 12.6. The molecule has 2 aliphatic heterocycles. The first-order chi connectivity index (χ1) is 17.2. The molecule has 0 bridgehead atoms. The number of thiazole rings is 1. The largest absolute Gasteiger partial charge is 0.468 e. The van der Waals surface area contributed by atoms with Gasteiger partial charge in [0.2, 0.25) is 0 Å². The number of hydrogen-bond acceptors (Lipinski definition) is 9. The van der Waals surface area contributed by atoms with E-state index in [4.69, 9.17) is 42.4 Å². The van der Waals surface area contributed by atoms with Crippen molar-refractivity contribution < 1.29 is 19.0 Å². The van der Waals surface area contributed by atoms with Crippen molar-refractivity contribution in [2.45, 2.75) is 38.5 Å². The minimum atomic E-state index is -0.537. The Morgan fingerprint density at radius 3 is 2.83 bits per heavy atom. The minimum absolute atomic E-state index is 0.244. The number of halogens is 2. The number of nitrogens with zero attached hydrogens (tertiary/aromatic N) is 3. The number of methoxy groups -OCH3 is 1. The van der Waals surface area contributed by atoms with E-state index in [1.807, 2.05) is 32.2 Å². The zero-order valence-electron chi connectivity index (χ0n) is 20.7. The number of aromatic nitrogens is 1. The Morgan fingerprint density at radius 2 is 2.17 bits per heavy atom. The highest BCUT2D eigenvalue weighted by atomic mass is 35.5. The normalized spacial score (nSPS) is 22.2. The number of rotatable bonds is 8. The van der Waals surface area contributed by atoms with Crippen LogP contribution in [0, 0.1) is 0 Å². The molecule has 194 valence electrons. The predicted octanol–water partition coefficient (Wildman–Crippen LogP) is 4.48. The van der Waals surface area contributed by atoms with Crippen LogP contribution in [0.15, 0.2) is 46.0 Å². The van der Waals surface area contributed by atoms with Crippen LogP contribution in [0.4, 0.5) is 0 Å². The smallest absolute Gasteiger partial charge is 0.325 e. The SMILES string of the molecule is CCOCC1=C(CN2CC(C)(C)OCC2C(=O)OC)NC(c2nccs2)=NC1c1ccc(Cl)cc1Cl. The number of aliphatic imine (C=N–C) groups is 1. The molecule has 1 fully saturated rings. The van der Waals surface area contributed by atoms with E-state index in [9.17, 15) is 4.79 Å². The average molecular weight is 554 g/mol. The molecule has 0 saturated carbocycles. The summed E-state index contributed by atoms with van der Waals surface area (Å²) in [6, 6.07) is 4.46. The van der Waals surface area contributed by atoms with Crippen LogP contribution >= 0.6 is 34.5 Å². The lowest BCUT2D eigenvalue weighted by Gasteiger charge is -2.43. The lowest BCUT2D eigenvalue weighted by Crippen LogP contribution is -2.58. The van der Waals surface area contributed by atoms with E-state index >= 15 is 0 Å². The monoisotopic (exact) mass is 552 g/mol. The zero-order valence-corrected chi connectivity index (χ0v) is 23.0. The number of carbonyl (C=O) groups is 1. The summed E-state index contributed by atoms with van der Waals surface area (Å²) in [5.74, 6) is 0.304. The molecular formula is C25H30Cl2N4O4S. The van der Waals surface area contributed by atoms with Gasteiger partial charge in [-0.1, -0.05) is 29.3 Å². The summed E-state index contributed by atoms with van der Waals surface area (Å²) < 4.78 is 16.9. The summed E-state index contributed by atoms with van der Waals surface area (Å²) in [6.45, 7) is 8.06. The van der Waals surface area contributed by atoms with Crippen molar-refractivity contribution in [2.75, 3.05) is 40.0 Å². The summed E-state index contributed by atoms with van der Waals surface area (Å²) in [5, 5.41) is 7.22. The molecule has 1 N–H and O–H groups in total. The van der Waals surface area contributed by atoms with E-state index in [1.165, 1.54) is 18.4 Å². The number of morpholine rings is 1. The van der Waals surface area contributed by atoms with E-state index in [2.05, 4.69) is 15.2 Å². The highest BCUT2D eigenvalue weighted by Crippen LogP contribution is 2.37. The van der Waals surface area contributed by atoms with Gasteiger partial charge in [0.25, 0.3) is 0 Å². The topological polar surface area (TPSA) is 85.3 Å². The first kappa shape index (κ1) is 27.0. The molecule has 11 heteroatoms. The molecule has 2 unspecified atom stereocenters. The maximum Gasteiger partial charge on any atom is 0.325 e. The Morgan fingerprint density at radius 1 is 1.36 bits per heavy atom. The van der Waals surface area contributed by atoms with Gasteiger partial charge in [-0.25, -0.2) is 4.98 Å². The Bertz CT molecular complexity index is 1150. The molecule has 36 heavy (non-hydrogen) atoms. The van der Waals surface area contributed by atoms with E-state index in [1.54, 1.807) is 18.3 Å². The van der Waals surface area contributed by atoms with E-state index in [0.717, 1.165) is 21.8 Å². The van der Waals surface area contributed by atoms with Gasteiger partial charge in [-0.15, -0.1) is 11.3 Å². The molecule has 1 saturated heterocycles. The molecule has 2 aliphatic rings. The first-order valence-electron chi connectivity index (χ1n) is 11.7. The molecule has 4 rings (SSSR count). The molecule has 1 aromatic heterocycles. The number of amidine groups is 1. The Labute approximate surface area is 225 Å². The summed E-state index contributed by atoms with van der Waals surface area (Å²) >= 11 is 14.3. The molecule has 0 aliphatic carbocycles. The molecule has 0 amide bonds. The van der Waals surface area contributed by atoms with Gasteiger partial charge in [-0.2, -0.15) is 0 Å². The molecular weight excluding hydrogens is 523 g/mol. The number of carbonyl (C=O) groups excluding carboxylic acids is 1. The second kappa shape index (κ2) is 11.6. The predicted molar refractivity (Wildman–Crippen MR) is 142 cm³/mol. The quantitative estimate of drug-likeness (QED) is 0.483. The van der Waals surface area contributed by atoms with Crippen LogP contribution in [0.5, 0.6) is 0 Å². The second-order valence-electron chi connectivity index (χ2n) is 9.16. The third-order valence-electron chi connectivity index (χ3n) is 6.09.